The Balaban J connectivity index is 0. The van der Waals surface area contributed by atoms with Crippen molar-refractivity contribution in [2.75, 3.05) is 33.5 Å². The van der Waals surface area contributed by atoms with Crippen LogP contribution in [0.4, 0.5) is 25.2 Å². The fourth-order valence-corrected chi connectivity index (χ4v) is 1.17. The van der Waals surface area contributed by atoms with Crippen LogP contribution in [-0.2, 0) is 4.74 Å². The van der Waals surface area contributed by atoms with Crippen molar-refractivity contribution in [2.24, 2.45) is 0 Å². The second-order valence-corrected chi connectivity index (χ2v) is 6.16. The van der Waals surface area contributed by atoms with Gasteiger partial charge in [-0.25, -0.2) is 0 Å². The van der Waals surface area contributed by atoms with Crippen LogP contribution in [0.1, 0.15) is 27.2 Å². The standard InChI is InChI=1S/C9H22NO.F6P/c1-5-8-10(4,6-2)9-11-7-3;1-7(2,3,4,5)6/h5-9H2,1-4H3;/q+1;-1. The van der Waals surface area contributed by atoms with Gasteiger partial charge in [0.15, 0.2) is 6.73 Å². The average Bonchev–Trinajstić information content (AvgIpc) is 2.10. The Hall–Kier alpha value is -0.0700. The molecule has 18 heavy (non-hydrogen) atoms. The molecule has 0 aromatic heterocycles. The van der Waals surface area contributed by atoms with Gasteiger partial charge in [-0.2, -0.15) is 0 Å². The number of hydrogen-bond acceptors (Lipinski definition) is 1. The Kier molecular flexibility index (Phi) is 6.67. The van der Waals surface area contributed by atoms with Gasteiger partial charge in [0.25, 0.3) is 0 Å². The van der Waals surface area contributed by atoms with E-state index in [1.165, 1.54) is 13.0 Å². The zero-order chi connectivity index (χ0) is 15.2. The Morgan fingerprint density at radius 3 is 1.56 bits per heavy atom. The van der Waals surface area contributed by atoms with E-state index in [1.807, 2.05) is 6.92 Å². The van der Waals surface area contributed by atoms with Gasteiger partial charge in [-0.1, -0.05) is 6.92 Å². The van der Waals surface area contributed by atoms with Crippen molar-refractivity contribution in [1.29, 1.82) is 0 Å². The minimum absolute atomic E-state index is 0.831. The zero-order valence-corrected chi connectivity index (χ0v) is 12.0. The SMILES string of the molecule is CCC[N+](C)(CC)COCC.F[P-](F)(F)(F)(F)F. The van der Waals surface area contributed by atoms with E-state index in [0.717, 1.165) is 24.4 Å². The molecule has 0 radical (unpaired) electrons. The molecule has 1 unspecified atom stereocenters. The van der Waals surface area contributed by atoms with Crippen LogP contribution in [0.5, 0.6) is 0 Å². The molecule has 116 valence electrons. The van der Waals surface area contributed by atoms with Gasteiger partial charge in [0, 0.05) is 6.61 Å². The first-order chi connectivity index (χ1) is 7.63. The third kappa shape index (κ3) is 24.9. The Labute approximate surface area is 104 Å². The third-order valence-electron chi connectivity index (χ3n) is 2.13. The summed E-state index contributed by atoms with van der Waals surface area (Å²) in [6, 6.07) is 0. The summed E-state index contributed by atoms with van der Waals surface area (Å²) >= 11 is 0. The number of halogens is 6. The second-order valence-electron chi connectivity index (χ2n) is 4.24. The molecule has 0 heterocycles. The van der Waals surface area contributed by atoms with E-state index in [2.05, 4.69) is 20.9 Å². The van der Waals surface area contributed by atoms with Crippen LogP contribution in [0.25, 0.3) is 0 Å². The fraction of sp³-hybridized carbons (Fsp3) is 1.00. The molecule has 1 atom stereocenters. The molecule has 0 saturated carbocycles. The molecule has 0 aliphatic heterocycles. The number of ether oxygens (including phenoxy) is 1. The molecule has 0 aliphatic carbocycles. The summed E-state index contributed by atoms with van der Waals surface area (Å²) in [5, 5.41) is 0. The summed E-state index contributed by atoms with van der Waals surface area (Å²) in [5.41, 5.74) is 0. The molecule has 2 nitrogen and oxygen atoms in total. The maximum atomic E-state index is 9.87. The Morgan fingerprint density at radius 2 is 1.33 bits per heavy atom. The molecule has 0 aromatic rings. The third-order valence-corrected chi connectivity index (χ3v) is 2.13. The van der Waals surface area contributed by atoms with Crippen LogP contribution in [0.2, 0.25) is 0 Å². The van der Waals surface area contributed by atoms with Gasteiger partial charge in [0.1, 0.15) is 0 Å². The second kappa shape index (κ2) is 5.92. The number of rotatable bonds is 6. The quantitative estimate of drug-likeness (QED) is 0.282. The first-order valence-electron chi connectivity index (χ1n) is 5.61. The predicted molar refractivity (Wildman–Crippen MR) is 61.9 cm³/mol. The van der Waals surface area contributed by atoms with Crippen LogP contribution in [-0.4, -0.2) is 38.0 Å². The van der Waals surface area contributed by atoms with E-state index in [9.17, 15) is 25.2 Å². The van der Waals surface area contributed by atoms with Crippen molar-refractivity contribution >= 4 is 7.81 Å². The number of quaternary nitrogens is 1. The van der Waals surface area contributed by atoms with Crippen LogP contribution in [0, 0.1) is 0 Å². The van der Waals surface area contributed by atoms with Gasteiger partial charge >= 0.3 is 33.0 Å². The van der Waals surface area contributed by atoms with Crippen molar-refractivity contribution in [3.63, 3.8) is 0 Å². The Bertz CT molecular complexity index is 229. The number of nitrogens with zero attached hydrogens (tertiary/aromatic N) is 1. The summed E-state index contributed by atoms with van der Waals surface area (Å²) in [6.45, 7) is 10.6. The molecular weight excluding hydrogens is 283 g/mol. The van der Waals surface area contributed by atoms with Crippen LogP contribution in [0.15, 0.2) is 0 Å². The van der Waals surface area contributed by atoms with Crippen molar-refractivity contribution in [3.05, 3.63) is 0 Å². The normalized spacial score (nSPS) is 19.0. The minimum atomic E-state index is -10.7. The molecule has 9 heteroatoms. The number of hydrogen-bond donors (Lipinski definition) is 0. The molecule has 0 saturated heterocycles. The van der Waals surface area contributed by atoms with E-state index in [1.54, 1.807) is 0 Å². The van der Waals surface area contributed by atoms with Crippen LogP contribution < -0.4 is 0 Å². The maximum absolute atomic E-state index is 10.7. The van der Waals surface area contributed by atoms with E-state index in [4.69, 9.17) is 4.74 Å². The summed E-state index contributed by atoms with van der Waals surface area (Å²) in [6.07, 6.45) is 1.23. The van der Waals surface area contributed by atoms with Crippen LogP contribution >= 0.6 is 7.81 Å². The molecule has 0 spiro atoms. The molecule has 0 aliphatic rings. The monoisotopic (exact) mass is 305 g/mol. The average molecular weight is 305 g/mol. The van der Waals surface area contributed by atoms with Gasteiger partial charge in [-0.05, 0) is 20.3 Å². The van der Waals surface area contributed by atoms with E-state index < -0.39 is 7.81 Å². The fourth-order valence-electron chi connectivity index (χ4n) is 1.17. The first kappa shape index (κ1) is 20.3. The molecule has 0 aromatic carbocycles. The van der Waals surface area contributed by atoms with Gasteiger partial charge in [-0.15, -0.1) is 0 Å². The summed E-state index contributed by atoms with van der Waals surface area (Å²) < 4.78 is 65.7. The topological polar surface area (TPSA) is 9.23 Å². The Morgan fingerprint density at radius 1 is 0.944 bits per heavy atom. The zero-order valence-electron chi connectivity index (χ0n) is 11.1. The van der Waals surface area contributed by atoms with Crippen molar-refractivity contribution in [3.8, 4) is 0 Å². The summed E-state index contributed by atoms with van der Waals surface area (Å²) in [4.78, 5) is 0. The van der Waals surface area contributed by atoms with Gasteiger partial charge < -0.3 is 9.22 Å². The van der Waals surface area contributed by atoms with Crippen molar-refractivity contribution in [2.45, 2.75) is 27.2 Å². The van der Waals surface area contributed by atoms with E-state index >= 15 is 0 Å². The van der Waals surface area contributed by atoms with Crippen molar-refractivity contribution < 1.29 is 34.4 Å². The van der Waals surface area contributed by atoms with Crippen molar-refractivity contribution in [1.82, 2.24) is 0 Å². The van der Waals surface area contributed by atoms with Gasteiger partial charge in [-0.3, -0.25) is 0 Å². The van der Waals surface area contributed by atoms with E-state index in [0.29, 0.717) is 0 Å². The first-order valence-corrected chi connectivity index (χ1v) is 7.64. The summed E-state index contributed by atoms with van der Waals surface area (Å²) in [7, 11) is -8.41. The molecule has 0 amide bonds. The molecule has 0 bridgehead atoms. The molecular formula is C9H22F6NOP. The van der Waals surface area contributed by atoms with Gasteiger partial charge in [0.05, 0.1) is 20.1 Å². The molecule has 0 fully saturated rings. The van der Waals surface area contributed by atoms with Gasteiger partial charge in [0.2, 0.25) is 0 Å². The van der Waals surface area contributed by atoms with Crippen LogP contribution in [0.3, 0.4) is 0 Å². The van der Waals surface area contributed by atoms with E-state index in [-0.39, 0.29) is 0 Å². The molecule has 0 rings (SSSR count). The summed E-state index contributed by atoms with van der Waals surface area (Å²) in [5.74, 6) is 0. The predicted octanol–water partition coefficient (Wildman–Crippen LogP) is 5.24. The molecule has 0 N–H and O–H groups in total.